The van der Waals surface area contributed by atoms with E-state index in [1.54, 1.807) is 20.8 Å². The average molecular weight is 397 g/mol. The highest BCUT2D eigenvalue weighted by Gasteiger charge is 2.58. The van der Waals surface area contributed by atoms with Crippen LogP contribution in [0.3, 0.4) is 0 Å². The summed E-state index contributed by atoms with van der Waals surface area (Å²) in [5.74, 6) is -1.72. The van der Waals surface area contributed by atoms with Crippen LogP contribution in [0.4, 0.5) is 0 Å². The predicted octanol–water partition coefficient (Wildman–Crippen LogP) is 0.401. The van der Waals surface area contributed by atoms with Gasteiger partial charge in [0.05, 0.1) is 18.2 Å². The minimum absolute atomic E-state index is 0.0139. The maximum absolute atomic E-state index is 12.5. The fraction of sp³-hybridized carbons (Fsp3) is 0.800. The van der Waals surface area contributed by atoms with Gasteiger partial charge >= 0.3 is 11.9 Å². The number of hydrogen-bond acceptors (Lipinski definition) is 8. The molecular weight excluding hydrogens is 366 g/mol. The molecule has 8 nitrogen and oxygen atoms in total. The zero-order valence-corrected chi connectivity index (χ0v) is 17.2. The van der Waals surface area contributed by atoms with E-state index in [1.807, 2.05) is 13.0 Å². The van der Waals surface area contributed by atoms with Crippen LogP contribution in [0.25, 0.3) is 0 Å². The third kappa shape index (κ3) is 3.47. The van der Waals surface area contributed by atoms with Crippen LogP contribution in [0.2, 0.25) is 0 Å². The normalized spacial score (nSPS) is 35.1. The lowest BCUT2D eigenvalue weighted by Crippen LogP contribution is -2.53. The van der Waals surface area contributed by atoms with Gasteiger partial charge in [-0.2, -0.15) is 0 Å². The van der Waals surface area contributed by atoms with Gasteiger partial charge in [0.15, 0.2) is 11.2 Å². The summed E-state index contributed by atoms with van der Waals surface area (Å²) in [6.45, 7) is 9.69. The highest BCUT2D eigenvalue weighted by Crippen LogP contribution is 2.39. The first kappa shape index (κ1) is 21.2. The molecule has 2 saturated heterocycles. The van der Waals surface area contributed by atoms with Crippen molar-refractivity contribution in [1.82, 2.24) is 4.90 Å². The number of epoxide rings is 1. The van der Waals surface area contributed by atoms with Crippen molar-refractivity contribution >= 4 is 11.9 Å². The van der Waals surface area contributed by atoms with E-state index >= 15 is 0 Å². The van der Waals surface area contributed by atoms with Crippen LogP contribution >= 0.6 is 0 Å². The largest absolute Gasteiger partial charge is 0.459 e. The van der Waals surface area contributed by atoms with Crippen LogP contribution in [0.1, 0.15) is 41.0 Å². The van der Waals surface area contributed by atoms with E-state index in [9.17, 15) is 19.8 Å². The molecule has 3 rings (SSSR count). The number of fused-ring (bicyclic) bond motifs is 1. The van der Waals surface area contributed by atoms with Gasteiger partial charge in [0.25, 0.3) is 0 Å². The van der Waals surface area contributed by atoms with E-state index < -0.39 is 29.2 Å². The second-order valence-electron chi connectivity index (χ2n) is 8.55. The van der Waals surface area contributed by atoms with Crippen molar-refractivity contribution in [2.45, 2.75) is 76.6 Å². The van der Waals surface area contributed by atoms with Crippen molar-refractivity contribution in [3.8, 4) is 0 Å². The molecule has 0 bridgehead atoms. The summed E-state index contributed by atoms with van der Waals surface area (Å²) < 4.78 is 16.4. The van der Waals surface area contributed by atoms with Crippen LogP contribution < -0.4 is 0 Å². The van der Waals surface area contributed by atoms with Crippen LogP contribution in [0.15, 0.2) is 11.6 Å². The highest BCUT2D eigenvalue weighted by atomic mass is 16.7. The lowest BCUT2D eigenvalue weighted by Gasteiger charge is -2.32. The lowest BCUT2D eigenvalue weighted by molar-refractivity contribution is -0.184. The number of esters is 2. The Balaban J connectivity index is 1.62. The van der Waals surface area contributed by atoms with Gasteiger partial charge in [0.1, 0.15) is 12.7 Å². The van der Waals surface area contributed by atoms with E-state index in [-0.39, 0.29) is 30.8 Å². The molecule has 0 aromatic carbocycles. The Bertz CT molecular complexity index is 665. The number of carbonyl (C=O) groups excluding carboxylic acids is 2. The average Bonchev–Trinajstić information content (AvgIpc) is 2.98. The van der Waals surface area contributed by atoms with Crippen molar-refractivity contribution in [3.05, 3.63) is 11.6 Å². The first-order valence-corrected chi connectivity index (χ1v) is 9.91. The van der Waals surface area contributed by atoms with Gasteiger partial charge in [-0.05, 0) is 38.7 Å². The Labute approximate surface area is 165 Å². The van der Waals surface area contributed by atoms with E-state index in [4.69, 9.17) is 14.2 Å². The highest BCUT2D eigenvalue weighted by molar-refractivity contribution is 5.83. The topological polar surface area (TPSA) is 109 Å². The van der Waals surface area contributed by atoms with Crippen molar-refractivity contribution in [2.75, 3.05) is 19.7 Å². The third-order valence-electron chi connectivity index (χ3n) is 6.43. The smallest absolute Gasteiger partial charge is 0.341 e. The molecule has 0 amide bonds. The molecule has 158 valence electrons. The Morgan fingerprint density at radius 2 is 2.07 bits per heavy atom. The molecule has 2 N–H and O–H groups in total. The number of aliphatic hydroxyl groups excluding tert-OH is 1. The van der Waals surface area contributed by atoms with Gasteiger partial charge in [-0.25, -0.2) is 9.59 Å². The predicted molar refractivity (Wildman–Crippen MR) is 99.3 cm³/mol. The van der Waals surface area contributed by atoms with Crippen LogP contribution in [-0.4, -0.2) is 82.3 Å². The van der Waals surface area contributed by atoms with Crippen molar-refractivity contribution in [2.24, 2.45) is 5.92 Å². The SMILES string of the molecule is CC(C)[C@@](O)(C(=O)OCC1=CCN2CC[C@@H](OC(=O)[C@@]3(C)O[C@H]3C)[C@@H]12)[C@@H](C)O. The molecule has 28 heavy (non-hydrogen) atoms. The number of carbonyl (C=O) groups is 2. The third-order valence-corrected chi connectivity index (χ3v) is 6.43. The zero-order chi connectivity index (χ0) is 20.9. The summed E-state index contributed by atoms with van der Waals surface area (Å²) in [5, 5.41) is 20.4. The summed E-state index contributed by atoms with van der Waals surface area (Å²) in [6.07, 6.45) is 0.943. The van der Waals surface area contributed by atoms with Gasteiger partial charge in [0.2, 0.25) is 0 Å². The Morgan fingerprint density at radius 1 is 1.43 bits per heavy atom. The number of nitrogens with zero attached hydrogens (tertiary/aromatic N) is 1. The molecule has 0 radical (unpaired) electrons. The molecule has 0 aromatic heterocycles. The molecule has 0 spiro atoms. The molecule has 3 aliphatic heterocycles. The van der Waals surface area contributed by atoms with Gasteiger partial charge in [-0.3, -0.25) is 4.90 Å². The molecule has 0 aromatic rings. The number of ether oxygens (including phenoxy) is 3. The number of hydrogen-bond donors (Lipinski definition) is 2. The minimum atomic E-state index is -1.96. The molecule has 0 aliphatic carbocycles. The first-order chi connectivity index (χ1) is 13.0. The molecule has 3 heterocycles. The zero-order valence-electron chi connectivity index (χ0n) is 17.2. The van der Waals surface area contributed by atoms with E-state index in [2.05, 4.69) is 4.90 Å². The van der Waals surface area contributed by atoms with E-state index in [0.717, 1.165) is 12.1 Å². The molecule has 3 aliphatic rings. The molecule has 8 heteroatoms. The van der Waals surface area contributed by atoms with E-state index in [1.165, 1.54) is 6.92 Å². The van der Waals surface area contributed by atoms with Gasteiger partial charge in [-0.1, -0.05) is 19.9 Å². The van der Waals surface area contributed by atoms with Crippen molar-refractivity contribution in [1.29, 1.82) is 0 Å². The quantitative estimate of drug-likeness (QED) is 0.361. The fourth-order valence-electron chi connectivity index (χ4n) is 4.08. The van der Waals surface area contributed by atoms with Crippen LogP contribution in [-0.2, 0) is 23.8 Å². The fourth-order valence-corrected chi connectivity index (χ4v) is 4.08. The number of rotatable bonds is 7. The maximum Gasteiger partial charge on any atom is 0.341 e. The number of aliphatic hydroxyl groups is 2. The molecule has 0 unspecified atom stereocenters. The first-order valence-electron chi connectivity index (χ1n) is 9.91. The summed E-state index contributed by atoms with van der Waals surface area (Å²) in [5.41, 5.74) is -1.99. The Morgan fingerprint density at radius 3 is 2.61 bits per heavy atom. The Kier molecular flexibility index (Phi) is 5.62. The minimum Gasteiger partial charge on any atom is -0.459 e. The molecule has 2 fully saturated rings. The molecule has 0 saturated carbocycles. The second kappa shape index (κ2) is 7.40. The van der Waals surface area contributed by atoms with E-state index in [0.29, 0.717) is 13.0 Å². The summed E-state index contributed by atoms with van der Waals surface area (Å²) in [7, 11) is 0. The standard InChI is InChI=1S/C20H31NO7/c1-11(2)20(25,12(3)22)18(24)26-10-14-6-8-21-9-7-15(16(14)21)27-17(23)19(5)13(4)28-19/h6,11-13,15-16,22,25H,7-10H2,1-5H3/t12-,13+,15-,16-,19+,20+/m1/s1. The van der Waals surface area contributed by atoms with Crippen molar-refractivity contribution in [3.63, 3.8) is 0 Å². The lowest BCUT2D eigenvalue weighted by atomic mass is 9.85. The Hall–Kier alpha value is -1.48. The summed E-state index contributed by atoms with van der Waals surface area (Å²) >= 11 is 0. The second-order valence-corrected chi connectivity index (χ2v) is 8.55. The van der Waals surface area contributed by atoms with Crippen LogP contribution in [0.5, 0.6) is 0 Å². The molecular formula is C20H31NO7. The monoisotopic (exact) mass is 397 g/mol. The maximum atomic E-state index is 12.5. The summed E-state index contributed by atoms with van der Waals surface area (Å²) in [4.78, 5) is 27.0. The van der Waals surface area contributed by atoms with Crippen molar-refractivity contribution < 1.29 is 34.0 Å². The molecule has 6 atom stereocenters. The van der Waals surface area contributed by atoms with Gasteiger partial charge < -0.3 is 24.4 Å². The van der Waals surface area contributed by atoms with Crippen LogP contribution in [0, 0.1) is 5.92 Å². The van der Waals surface area contributed by atoms with Gasteiger partial charge in [-0.15, -0.1) is 0 Å². The van der Waals surface area contributed by atoms with Gasteiger partial charge in [0, 0.05) is 13.1 Å². The summed E-state index contributed by atoms with van der Waals surface area (Å²) in [6, 6.07) is -0.145.